The summed E-state index contributed by atoms with van der Waals surface area (Å²) in [4.78, 5) is 29.2. The highest BCUT2D eigenvalue weighted by Gasteiger charge is 2.23. The van der Waals surface area contributed by atoms with Crippen LogP contribution in [0.3, 0.4) is 0 Å². The van der Waals surface area contributed by atoms with E-state index in [1.165, 1.54) is 29.2 Å². The van der Waals surface area contributed by atoms with Crippen molar-refractivity contribution in [1.82, 2.24) is 9.80 Å². The second kappa shape index (κ2) is 10.0. The number of fused-ring (bicyclic) bond motifs is 1. The Morgan fingerprint density at radius 1 is 1.00 bits per heavy atom. The molecule has 0 saturated heterocycles. The number of carbonyl (C=O) groups is 2. The van der Waals surface area contributed by atoms with E-state index in [4.69, 9.17) is 13.9 Å². The summed E-state index contributed by atoms with van der Waals surface area (Å²) in [5, 5.41) is 0. The molecule has 0 unspecified atom stereocenters. The zero-order valence-corrected chi connectivity index (χ0v) is 17.9. The number of ether oxygens (including phenoxy) is 2. The van der Waals surface area contributed by atoms with Gasteiger partial charge in [-0.1, -0.05) is 12.1 Å². The maximum Gasteiger partial charge on any atom is 0.254 e. The summed E-state index contributed by atoms with van der Waals surface area (Å²) in [5.74, 6) is 0.795. The van der Waals surface area contributed by atoms with Gasteiger partial charge in [0.1, 0.15) is 18.1 Å². The fourth-order valence-electron chi connectivity index (χ4n) is 3.50. The van der Waals surface area contributed by atoms with E-state index in [2.05, 4.69) is 6.58 Å². The van der Waals surface area contributed by atoms with Gasteiger partial charge in [-0.15, -0.1) is 6.58 Å². The lowest BCUT2D eigenvalue weighted by atomic mass is 10.1. The van der Waals surface area contributed by atoms with Crippen LogP contribution in [0.1, 0.15) is 21.7 Å². The summed E-state index contributed by atoms with van der Waals surface area (Å²) >= 11 is 0. The third-order valence-corrected chi connectivity index (χ3v) is 5.14. The molecule has 2 heterocycles. The topological polar surface area (TPSA) is 72.2 Å². The van der Waals surface area contributed by atoms with Crippen LogP contribution in [0.15, 0.2) is 77.9 Å². The molecule has 170 valence electrons. The predicted molar refractivity (Wildman–Crippen MR) is 118 cm³/mol. The van der Waals surface area contributed by atoms with Crippen LogP contribution in [0.5, 0.6) is 11.5 Å². The molecule has 7 nitrogen and oxygen atoms in total. The Labute approximate surface area is 190 Å². The number of furan rings is 1. The molecule has 0 radical (unpaired) electrons. The molecule has 4 rings (SSSR count). The lowest BCUT2D eigenvalue weighted by Crippen LogP contribution is -2.42. The van der Waals surface area contributed by atoms with Gasteiger partial charge in [-0.2, -0.15) is 0 Å². The van der Waals surface area contributed by atoms with Crippen molar-refractivity contribution >= 4 is 11.8 Å². The standard InChI is InChI=1S/C25H23FN2O5/c1-2-11-27(25(30)19-6-8-20(26)9-7-19)16-24(29)28(15-21-4-3-12-31-21)14-18-5-10-22-23(13-18)33-17-32-22/h2-10,12-13H,1,11,14-17H2. The maximum absolute atomic E-state index is 13.3. The first-order valence-corrected chi connectivity index (χ1v) is 10.4. The van der Waals surface area contributed by atoms with Crippen LogP contribution in [0.25, 0.3) is 0 Å². The number of benzene rings is 2. The molecule has 0 aliphatic carbocycles. The first kappa shape index (κ1) is 22.1. The van der Waals surface area contributed by atoms with Crippen molar-refractivity contribution in [2.24, 2.45) is 0 Å². The fourth-order valence-corrected chi connectivity index (χ4v) is 3.50. The Balaban J connectivity index is 1.53. The number of hydrogen-bond donors (Lipinski definition) is 0. The van der Waals surface area contributed by atoms with Crippen molar-refractivity contribution in [3.63, 3.8) is 0 Å². The molecule has 0 N–H and O–H groups in total. The van der Waals surface area contributed by atoms with Gasteiger partial charge in [-0.3, -0.25) is 9.59 Å². The first-order valence-electron chi connectivity index (χ1n) is 10.4. The Morgan fingerprint density at radius 2 is 1.79 bits per heavy atom. The fraction of sp³-hybridized carbons (Fsp3) is 0.200. The second-order valence-corrected chi connectivity index (χ2v) is 7.50. The van der Waals surface area contributed by atoms with E-state index in [9.17, 15) is 14.0 Å². The average Bonchev–Trinajstić information content (AvgIpc) is 3.50. The zero-order chi connectivity index (χ0) is 23.2. The van der Waals surface area contributed by atoms with Gasteiger partial charge in [0.2, 0.25) is 12.7 Å². The molecule has 0 fully saturated rings. The van der Waals surface area contributed by atoms with Crippen LogP contribution in [0.2, 0.25) is 0 Å². The third-order valence-electron chi connectivity index (χ3n) is 5.14. The summed E-state index contributed by atoms with van der Waals surface area (Å²) in [6.07, 6.45) is 3.09. The number of carbonyl (C=O) groups excluding carboxylic acids is 2. The van der Waals surface area contributed by atoms with Crippen molar-refractivity contribution in [3.8, 4) is 11.5 Å². The number of halogens is 1. The minimum Gasteiger partial charge on any atom is -0.467 e. The summed E-state index contributed by atoms with van der Waals surface area (Å²) in [5.41, 5.74) is 1.14. The smallest absolute Gasteiger partial charge is 0.254 e. The molecule has 2 aromatic carbocycles. The molecule has 33 heavy (non-hydrogen) atoms. The van der Waals surface area contributed by atoms with Gasteiger partial charge < -0.3 is 23.7 Å². The molecular weight excluding hydrogens is 427 g/mol. The molecule has 1 aliphatic heterocycles. The molecule has 0 spiro atoms. The molecule has 2 amide bonds. The SMILES string of the molecule is C=CCN(CC(=O)N(Cc1ccc2c(c1)OCO2)Cc1ccco1)C(=O)c1ccc(F)cc1. The molecular formula is C25H23FN2O5. The summed E-state index contributed by atoms with van der Waals surface area (Å²) in [6.45, 7) is 4.35. The number of nitrogens with zero attached hydrogens (tertiary/aromatic N) is 2. The lowest BCUT2D eigenvalue weighted by Gasteiger charge is -2.27. The molecule has 0 atom stereocenters. The van der Waals surface area contributed by atoms with Gasteiger partial charge >= 0.3 is 0 Å². The van der Waals surface area contributed by atoms with Crippen LogP contribution >= 0.6 is 0 Å². The Kier molecular flexibility index (Phi) is 6.73. The highest BCUT2D eigenvalue weighted by Crippen LogP contribution is 2.33. The van der Waals surface area contributed by atoms with E-state index in [1.54, 1.807) is 35.4 Å². The summed E-state index contributed by atoms with van der Waals surface area (Å²) < 4.78 is 29.5. The van der Waals surface area contributed by atoms with Crippen molar-refractivity contribution in [2.45, 2.75) is 13.1 Å². The van der Waals surface area contributed by atoms with Gasteiger partial charge in [-0.05, 0) is 54.1 Å². The van der Waals surface area contributed by atoms with Gasteiger partial charge in [-0.25, -0.2) is 4.39 Å². The van der Waals surface area contributed by atoms with Crippen molar-refractivity contribution in [3.05, 3.63) is 96.2 Å². The molecule has 1 aliphatic rings. The molecule has 8 heteroatoms. The van der Waals surface area contributed by atoms with Crippen LogP contribution in [0, 0.1) is 5.82 Å². The highest BCUT2D eigenvalue weighted by molar-refractivity contribution is 5.96. The maximum atomic E-state index is 13.3. The minimum atomic E-state index is -0.439. The van der Waals surface area contributed by atoms with Crippen LogP contribution in [0.4, 0.5) is 4.39 Å². The van der Waals surface area contributed by atoms with Gasteiger partial charge in [0.25, 0.3) is 5.91 Å². The van der Waals surface area contributed by atoms with Crippen LogP contribution in [-0.2, 0) is 17.9 Å². The predicted octanol–water partition coefficient (Wildman–Crippen LogP) is 4.00. The molecule has 0 saturated carbocycles. The lowest BCUT2D eigenvalue weighted by molar-refractivity contribution is -0.133. The third kappa shape index (κ3) is 5.41. The van der Waals surface area contributed by atoms with E-state index >= 15 is 0 Å². The van der Waals surface area contributed by atoms with Crippen LogP contribution in [-0.4, -0.2) is 41.5 Å². The second-order valence-electron chi connectivity index (χ2n) is 7.50. The quantitative estimate of drug-likeness (QED) is 0.461. The molecule has 0 bridgehead atoms. The number of hydrogen-bond acceptors (Lipinski definition) is 5. The normalized spacial score (nSPS) is 11.8. The highest BCUT2D eigenvalue weighted by atomic mass is 19.1. The van der Waals surface area contributed by atoms with Crippen molar-refractivity contribution in [2.75, 3.05) is 19.9 Å². The largest absolute Gasteiger partial charge is 0.467 e. The van der Waals surface area contributed by atoms with Gasteiger partial charge in [0.05, 0.1) is 12.8 Å². The Bertz CT molecular complexity index is 1130. The van der Waals surface area contributed by atoms with E-state index in [-0.39, 0.29) is 44.8 Å². The van der Waals surface area contributed by atoms with Crippen molar-refractivity contribution in [1.29, 1.82) is 0 Å². The monoisotopic (exact) mass is 450 g/mol. The summed E-state index contributed by atoms with van der Waals surface area (Å²) in [7, 11) is 0. The first-order chi connectivity index (χ1) is 16.0. The molecule has 3 aromatic rings. The van der Waals surface area contributed by atoms with Crippen molar-refractivity contribution < 1.29 is 27.9 Å². The minimum absolute atomic E-state index is 0.163. The number of amides is 2. The van der Waals surface area contributed by atoms with E-state index in [0.717, 1.165) is 5.56 Å². The Morgan fingerprint density at radius 3 is 2.52 bits per heavy atom. The van der Waals surface area contributed by atoms with Gasteiger partial charge in [0.15, 0.2) is 11.5 Å². The number of rotatable bonds is 9. The van der Waals surface area contributed by atoms with Crippen LogP contribution < -0.4 is 9.47 Å². The van der Waals surface area contributed by atoms with Gasteiger partial charge in [0, 0.05) is 18.7 Å². The average molecular weight is 450 g/mol. The van der Waals surface area contributed by atoms with E-state index < -0.39 is 5.82 Å². The van der Waals surface area contributed by atoms with E-state index in [0.29, 0.717) is 22.8 Å². The Hall–Kier alpha value is -4.07. The molecule has 1 aromatic heterocycles. The summed E-state index contributed by atoms with van der Waals surface area (Å²) in [6, 6.07) is 14.2. The zero-order valence-electron chi connectivity index (χ0n) is 17.9. The van der Waals surface area contributed by atoms with E-state index in [1.807, 2.05) is 12.1 Å².